The summed E-state index contributed by atoms with van der Waals surface area (Å²) in [6.07, 6.45) is 2.51. The van der Waals surface area contributed by atoms with Gasteiger partial charge in [0.05, 0.1) is 0 Å². The number of carbonyl (C=O) groups is 1. The number of pyridine rings is 1. The normalized spacial score (nSPS) is 10.6. The summed E-state index contributed by atoms with van der Waals surface area (Å²) in [5, 5.41) is 2.70. The fourth-order valence-electron chi connectivity index (χ4n) is 1.76. The van der Waals surface area contributed by atoms with E-state index in [0.29, 0.717) is 35.2 Å². The molecule has 0 aliphatic rings. The molecule has 0 aliphatic carbocycles. The number of nitrogens with one attached hydrogen (secondary N) is 1. The number of aromatic nitrogens is 1. The van der Waals surface area contributed by atoms with Crippen molar-refractivity contribution in [1.82, 2.24) is 4.98 Å². The molecular formula is C15H14F2N2OS. The Labute approximate surface area is 125 Å². The Morgan fingerprint density at radius 2 is 2.10 bits per heavy atom. The Balaban J connectivity index is 1.87. The van der Waals surface area contributed by atoms with Gasteiger partial charge in [-0.1, -0.05) is 23.9 Å². The molecule has 1 amide bonds. The second kappa shape index (κ2) is 7.73. The minimum atomic E-state index is -2.47. The van der Waals surface area contributed by atoms with Crippen LogP contribution in [0.4, 0.5) is 14.5 Å². The van der Waals surface area contributed by atoms with Crippen molar-refractivity contribution in [3.63, 3.8) is 0 Å². The molecule has 0 unspecified atom stereocenters. The van der Waals surface area contributed by atoms with E-state index in [-0.39, 0.29) is 5.91 Å². The number of carbonyl (C=O) groups excluding carboxylic acids is 1. The molecule has 0 radical (unpaired) electrons. The third kappa shape index (κ3) is 5.51. The summed E-state index contributed by atoms with van der Waals surface area (Å²) in [7, 11) is 0. The summed E-state index contributed by atoms with van der Waals surface area (Å²) in [5.41, 5.74) is 1.36. The summed E-state index contributed by atoms with van der Waals surface area (Å²) in [6.45, 7) is 0. The minimum absolute atomic E-state index is 0.167. The number of anilines is 1. The van der Waals surface area contributed by atoms with Gasteiger partial charge in [-0.25, -0.2) is 0 Å². The van der Waals surface area contributed by atoms with Crippen molar-refractivity contribution in [1.29, 1.82) is 0 Å². The Kier molecular flexibility index (Phi) is 5.68. The highest BCUT2D eigenvalue weighted by molar-refractivity contribution is 7.99. The summed E-state index contributed by atoms with van der Waals surface area (Å²) in [4.78, 5) is 16.4. The highest BCUT2D eigenvalue weighted by Gasteiger charge is 2.07. The van der Waals surface area contributed by atoms with Crippen LogP contribution in [0.3, 0.4) is 0 Å². The average molecular weight is 308 g/mol. The van der Waals surface area contributed by atoms with Gasteiger partial charge in [-0.15, -0.1) is 0 Å². The SMILES string of the molecule is O=C(CCc1ccccn1)Nc1cccc(SC(F)F)c1. The van der Waals surface area contributed by atoms with E-state index in [1.54, 1.807) is 24.4 Å². The third-order valence-corrected chi connectivity index (χ3v) is 3.38. The molecule has 110 valence electrons. The molecule has 3 nitrogen and oxygen atoms in total. The number of amides is 1. The van der Waals surface area contributed by atoms with Crippen molar-refractivity contribution < 1.29 is 13.6 Å². The van der Waals surface area contributed by atoms with Gasteiger partial charge in [0.1, 0.15) is 0 Å². The lowest BCUT2D eigenvalue weighted by Gasteiger charge is -2.07. The summed E-state index contributed by atoms with van der Waals surface area (Å²) in [6, 6.07) is 12.0. The number of rotatable bonds is 6. The van der Waals surface area contributed by atoms with Gasteiger partial charge in [-0.05, 0) is 36.8 Å². The first-order valence-corrected chi connectivity index (χ1v) is 7.26. The summed E-state index contributed by atoms with van der Waals surface area (Å²) in [5.74, 6) is -2.64. The Hall–Kier alpha value is -1.95. The zero-order chi connectivity index (χ0) is 15.1. The highest BCUT2D eigenvalue weighted by Crippen LogP contribution is 2.27. The zero-order valence-electron chi connectivity index (χ0n) is 11.1. The first-order valence-electron chi connectivity index (χ1n) is 6.38. The van der Waals surface area contributed by atoms with E-state index >= 15 is 0 Å². The van der Waals surface area contributed by atoms with Crippen LogP contribution >= 0.6 is 11.8 Å². The number of nitrogens with zero attached hydrogens (tertiary/aromatic N) is 1. The quantitative estimate of drug-likeness (QED) is 0.821. The molecule has 1 N–H and O–H groups in total. The Morgan fingerprint density at radius 3 is 2.81 bits per heavy atom. The molecule has 0 aliphatic heterocycles. The van der Waals surface area contributed by atoms with Crippen molar-refractivity contribution in [3.05, 3.63) is 54.4 Å². The predicted octanol–water partition coefficient (Wildman–Crippen LogP) is 3.97. The first-order chi connectivity index (χ1) is 10.1. The van der Waals surface area contributed by atoms with Gasteiger partial charge in [0, 0.05) is 28.9 Å². The molecule has 2 aromatic rings. The molecule has 2 rings (SSSR count). The first kappa shape index (κ1) is 15.4. The van der Waals surface area contributed by atoms with Crippen molar-refractivity contribution >= 4 is 23.4 Å². The molecule has 0 bridgehead atoms. The van der Waals surface area contributed by atoms with Gasteiger partial charge < -0.3 is 5.32 Å². The van der Waals surface area contributed by atoms with Gasteiger partial charge in [-0.3, -0.25) is 9.78 Å². The van der Waals surface area contributed by atoms with E-state index in [2.05, 4.69) is 10.3 Å². The molecular weight excluding hydrogens is 294 g/mol. The predicted molar refractivity (Wildman–Crippen MR) is 79.5 cm³/mol. The van der Waals surface area contributed by atoms with Crippen LogP contribution in [0.15, 0.2) is 53.6 Å². The topological polar surface area (TPSA) is 42.0 Å². The monoisotopic (exact) mass is 308 g/mol. The van der Waals surface area contributed by atoms with Crippen LogP contribution in [0.2, 0.25) is 0 Å². The molecule has 1 heterocycles. The maximum Gasteiger partial charge on any atom is 0.288 e. The maximum absolute atomic E-state index is 12.3. The van der Waals surface area contributed by atoms with Gasteiger partial charge in [0.25, 0.3) is 5.76 Å². The molecule has 0 saturated carbocycles. The lowest BCUT2D eigenvalue weighted by atomic mass is 10.2. The van der Waals surface area contributed by atoms with Crippen LogP contribution in [0, 0.1) is 0 Å². The molecule has 0 fully saturated rings. The van der Waals surface area contributed by atoms with Crippen molar-refractivity contribution in [3.8, 4) is 0 Å². The Morgan fingerprint density at radius 1 is 1.24 bits per heavy atom. The second-order valence-electron chi connectivity index (χ2n) is 4.28. The van der Waals surface area contributed by atoms with Crippen molar-refractivity contribution in [2.45, 2.75) is 23.5 Å². The number of halogens is 2. The molecule has 21 heavy (non-hydrogen) atoms. The van der Waals surface area contributed by atoms with E-state index in [0.717, 1.165) is 5.69 Å². The zero-order valence-corrected chi connectivity index (χ0v) is 11.9. The number of alkyl halides is 2. The van der Waals surface area contributed by atoms with Gasteiger partial charge in [0.15, 0.2) is 0 Å². The summed E-state index contributed by atoms with van der Waals surface area (Å²) < 4.78 is 24.6. The summed E-state index contributed by atoms with van der Waals surface area (Å²) >= 11 is 0.455. The number of thioether (sulfide) groups is 1. The molecule has 0 saturated heterocycles. The largest absolute Gasteiger partial charge is 0.326 e. The minimum Gasteiger partial charge on any atom is -0.326 e. The van der Waals surface area contributed by atoms with Gasteiger partial charge in [0.2, 0.25) is 5.91 Å². The third-order valence-electron chi connectivity index (χ3n) is 2.68. The van der Waals surface area contributed by atoms with E-state index in [1.165, 1.54) is 6.07 Å². The highest BCUT2D eigenvalue weighted by atomic mass is 32.2. The Bertz CT molecular complexity index is 593. The number of benzene rings is 1. The van der Waals surface area contributed by atoms with Crippen molar-refractivity contribution in [2.75, 3.05) is 5.32 Å². The van der Waals surface area contributed by atoms with Crippen LogP contribution < -0.4 is 5.32 Å². The van der Waals surface area contributed by atoms with Gasteiger partial charge >= 0.3 is 0 Å². The van der Waals surface area contributed by atoms with Crippen LogP contribution in [0.25, 0.3) is 0 Å². The fourth-order valence-corrected chi connectivity index (χ4v) is 2.32. The molecule has 1 aromatic carbocycles. The standard InChI is InChI=1S/C15H14F2N2OS/c16-15(17)21-13-6-3-5-12(10-13)19-14(20)8-7-11-4-1-2-9-18-11/h1-6,9-10,15H,7-8H2,(H,19,20). The fraction of sp³-hybridized carbons (Fsp3) is 0.200. The van der Waals surface area contributed by atoms with E-state index in [1.807, 2.05) is 18.2 Å². The number of aryl methyl sites for hydroxylation is 1. The smallest absolute Gasteiger partial charge is 0.288 e. The van der Waals surface area contributed by atoms with Crippen LogP contribution in [0.1, 0.15) is 12.1 Å². The van der Waals surface area contributed by atoms with Crippen LogP contribution in [-0.2, 0) is 11.2 Å². The molecule has 0 atom stereocenters. The van der Waals surface area contributed by atoms with Crippen LogP contribution in [0.5, 0.6) is 0 Å². The van der Waals surface area contributed by atoms with E-state index in [4.69, 9.17) is 0 Å². The van der Waals surface area contributed by atoms with E-state index in [9.17, 15) is 13.6 Å². The number of hydrogen-bond donors (Lipinski definition) is 1. The average Bonchev–Trinajstić information content (AvgIpc) is 2.46. The van der Waals surface area contributed by atoms with Gasteiger partial charge in [-0.2, -0.15) is 8.78 Å². The second-order valence-corrected chi connectivity index (χ2v) is 5.34. The lowest BCUT2D eigenvalue weighted by molar-refractivity contribution is -0.116. The maximum atomic E-state index is 12.3. The number of hydrogen-bond acceptors (Lipinski definition) is 3. The molecule has 6 heteroatoms. The van der Waals surface area contributed by atoms with E-state index < -0.39 is 5.76 Å². The van der Waals surface area contributed by atoms with Crippen LogP contribution in [-0.4, -0.2) is 16.6 Å². The molecule has 1 aromatic heterocycles. The van der Waals surface area contributed by atoms with Crippen molar-refractivity contribution in [2.24, 2.45) is 0 Å². The lowest BCUT2D eigenvalue weighted by Crippen LogP contribution is -2.12. The molecule has 0 spiro atoms.